The number of amides is 2. The predicted molar refractivity (Wildman–Crippen MR) is 101 cm³/mol. The summed E-state index contributed by atoms with van der Waals surface area (Å²) in [6, 6.07) is 5.61. The van der Waals surface area contributed by atoms with Crippen LogP contribution in [0.25, 0.3) is 0 Å². The molecule has 154 valence electrons. The molecule has 0 radical (unpaired) electrons. The van der Waals surface area contributed by atoms with Crippen molar-refractivity contribution >= 4 is 11.8 Å². The highest BCUT2D eigenvalue weighted by molar-refractivity contribution is 5.79. The van der Waals surface area contributed by atoms with Crippen LogP contribution in [0.1, 0.15) is 25.7 Å². The van der Waals surface area contributed by atoms with Crippen molar-refractivity contribution in [2.75, 3.05) is 45.9 Å². The molecule has 1 aromatic carbocycles. The molecule has 3 rings (SSSR count). The standard InChI is InChI=1S/C20H28FN3O4/c21-16-4-6-17(7-5-16)27-15-20(12-18(22)25)14-24(10-11-28-20)19(26)13-23-8-2-1-3-9-23/h4-7H,1-3,8-15H2,(H2,22,25)/t20-/m0/s1. The van der Waals surface area contributed by atoms with Crippen molar-refractivity contribution in [2.24, 2.45) is 5.73 Å². The van der Waals surface area contributed by atoms with Gasteiger partial charge in [0.2, 0.25) is 11.8 Å². The first-order valence-corrected chi connectivity index (χ1v) is 9.77. The molecule has 8 heteroatoms. The summed E-state index contributed by atoms with van der Waals surface area (Å²) in [5.41, 5.74) is 4.43. The number of nitrogens with zero attached hydrogens (tertiary/aromatic N) is 2. The van der Waals surface area contributed by atoms with Gasteiger partial charge in [0, 0.05) is 6.54 Å². The molecule has 2 fully saturated rings. The second-order valence-electron chi connectivity index (χ2n) is 7.57. The zero-order valence-corrected chi connectivity index (χ0v) is 16.1. The summed E-state index contributed by atoms with van der Waals surface area (Å²) < 4.78 is 24.7. The first-order valence-electron chi connectivity index (χ1n) is 9.77. The quantitative estimate of drug-likeness (QED) is 0.752. The lowest BCUT2D eigenvalue weighted by atomic mass is 9.97. The molecule has 2 aliphatic rings. The van der Waals surface area contributed by atoms with Crippen LogP contribution in [-0.2, 0) is 14.3 Å². The molecule has 1 atom stereocenters. The van der Waals surface area contributed by atoms with Gasteiger partial charge in [-0.2, -0.15) is 0 Å². The van der Waals surface area contributed by atoms with E-state index in [1.165, 1.54) is 30.7 Å². The van der Waals surface area contributed by atoms with Crippen LogP contribution >= 0.6 is 0 Å². The number of morpholine rings is 1. The van der Waals surface area contributed by atoms with E-state index in [4.69, 9.17) is 15.2 Å². The van der Waals surface area contributed by atoms with E-state index in [2.05, 4.69) is 4.90 Å². The van der Waals surface area contributed by atoms with Crippen LogP contribution < -0.4 is 10.5 Å². The number of likely N-dealkylation sites (tertiary alicyclic amines) is 1. The molecule has 2 saturated heterocycles. The number of piperidine rings is 1. The topological polar surface area (TPSA) is 85.1 Å². The van der Waals surface area contributed by atoms with E-state index in [0.717, 1.165) is 25.9 Å². The molecule has 0 aromatic heterocycles. The van der Waals surface area contributed by atoms with Crippen molar-refractivity contribution in [3.05, 3.63) is 30.1 Å². The zero-order valence-electron chi connectivity index (χ0n) is 16.1. The fourth-order valence-corrected chi connectivity index (χ4v) is 3.78. The third kappa shape index (κ3) is 5.65. The van der Waals surface area contributed by atoms with Crippen LogP contribution in [0.15, 0.2) is 24.3 Å². The Bertz CT molecular complexity index is 679. The van der Waals surface area contributed by atoms with Gasteiger partial charge < -0.3 is 20.1 Å². The Morgan fingerprint density at radius 3 is 2.54 bits per heavy atom. The summed E-state index contributed by atoms with van der Waals surface area (Å²) in [5.74, 6) is -0.387. The fourth-order valence-electron chi connectivity index (χ4n) is 3.78. The minimum atomic E-state index is -1.00. The van der Waals surface area contributed by atoms with Gasteiger partial charge in [0.15, 0.2) is 0 Å². The first-order chi connectivity index (χ1) is 13.5. The van der Waals surface area contributed by atoms with Crippen molar-refractivity contribution in [2.45, 2.75) is 31.3 Å². The number of carbonyl (C=O) groups is 2. The largest absolute Gasteiger partial charge is 0.490 e. The van der Waals surface area contributed by atoms with Gasteiger partial charge in [-0.1, -0.05) is 6.42 Å². The summed E-state index contributed by atoms with van der Waals surface area (Å²) >= 11 is 0. The van der Waals surface area contributed by atoms with Crippen molar-refractivity contribution < 1.29 is 23.5 Å². The second-order valence-corrected chi connectivity index (χ2v) is 7.57. The van der Waals surface area contributed by atoms with E-state index in [1.54, 1.807) is 4.90 Å². The van der Waals surface area contributed by atoms with Crippen LogP contribution in [0.5, 0.6) is 5.75 Å². The summed E-state index contributed by atoms with van der Waals surface area (Å²) in [5, 5.41) is 0. The minimum Gasteiger partial charge on any atom is -0.490 e. The van der Waals surface area contributed by atoms with Gasteiger partial charge in [0.05, 0.1) is 26.1 Å². The molecule has 0 saturated carbocycles. The molecule has 2 heterocycles. The zero-order chi connectivity index (χ0) is 20.0. The Hall–Kier alpha value is -2.19. The number of rotatable bonds is 7. The second kappa shape index (κ2) is 9.34. The number of nitrogens with two attached hydrogens (primary N) is 1. The monoisotopic (exact) mass is 393 g/mol. The minimum absolute atomic E-state index is 0.0285. The van der Waals surface area contributed by atoms with Gasteiger partial charge in [0.25, 0.3) is 0 Å². The highest BCUT2D eigenvalue weighted by atomic mass is 19.1. The Balaban J connectivity index is 1.64. The lowest BCUT2D eigenvalue weighted by Crippen LogP contribution is -2.59. The predicted octanol–water partition coefficient (Wildman–Crippen LogP) is 1.16. The third-order valence-electron chi connectivity index (χ3n) is 5.22. The Morgan fingerprint density at radius 2 is 1.86 bits per heavy atom. The van der Waals surface area contributed by atoms with E-state index in [-0.39, 0.29) is 31.3 Å². The van der Waals surface area contributed by atoms with E-state index in [0.29, 0.717) is 25.4 Å². The number of hydrogen-bond acceptors (Lipinski definition) is 5. The molecular formula is C20H28FN3O4. The molecule has 1 aromatic rings. The lowest BCUT2D eigenvalue weighted by Gasteiger charge is -2.42. The maximum absolute atomic E-state index is 13.1. The molecule has 0 aliphatic carbocycles. The lowest BCUT2D eigenvalue weighted by molar-refractivity contribution is -0.162. The van der Waals surface area contributed by atoms with E-state index in [9.17, 15) is 14.0 Å². The Kier molecular flexibility index (Phi) is 6.85. The van der Waals surface area contributed by atoms with E-state index < -0.39 is 11.5 Å². The van der Waals surface area contributed by atoms with Crippen molar-refractivity contribution in [1.82, 2.24) is 9.80 Å². The summed E-state index contributed by atoms with van der Waals surface area (Å²) in [7, 11) is 0. The van der Waals surface area contributed by atoms with Gasteiger partial charge >= 0.3 is 0 Å². The highest BCUT2D eigenvalue weighted by Crippen LogP contribution is 2.25. The highest BCUT2D eigenvalue weighted by Gasteiger charge is 2.41. The SMILES string of the molecule is NC(=O)C[C@@]1(COc2ccc(F)cc2)CN(C(=O)CN2CCCCC2)CCO1. The van der Waals surface area contributed by atoms with Crippen molar-refractivity contribution in [3.63, 3.8) is 0 Å². The molecule has 2 amide bonds. The van der Waals surface area contributed by atoms with Crippen molar-refractivity contribution in [3.8, 4) is 5.75 Å². The number of benzene rings is 1. The third-order valence-corrected chi connectivity index (χ3v) is 5.22. The fraction of sp³-hybridized carbons (Fsp3) is 0.600. The average molecular weight is 393 g/mol. The van der Waals surface area contributed by atoms with Crippen LogP contribution in [0.3, 0.4) is 0 Å². The number of ether oxygens (including phenoxy) is 2. The van der Waals surface area contributed by atoms with Crippen LogP contribution in [0, 0.1) is 5.82 Å². The first kappa shape index (κ1) is 20.5. The van der Waals surface area contributed by atoms with Gasteiger partial charge in [0.1, 0.15) is 23.8 Å². The van der Waals surface area contributed by atoms with Gasteiger partial charge in [-0.15, -0.1) is 0 Å². The summed E-state index contributed by atoms with van der Waals surface area (Å²) in [4.78, 5) is 28.3. The smallest absolute Gasteiger partial charge is 0.236 e. The summed E-state index contributed by atoms with van der Waals surface area (Å²) in [6.45, 7) is 3.34. The normalized spacial score (nSPS) is 23.4. The van der Waals surface area contributed by atoms with Crippen LogP contribution in [0.2, 0.25) is 0 Å². The Labute approximate surface area is 164 Å². The van der Waals surface area contributed by atoms with E-state index in [1.807, 2.05) is 0 Å². The van der Waals surface area contributed by atoms with Gasteiger partial charge in [-0.3, -0.25) is 14.5 Å². The molecule has 28 heavy (non-hydrogen) atoms. The molecular weight excluding hydrogens is 365 g/mol. The molecule has 2 aliphatic heterocycles. The maximum Gasteiger partial charge on any atom is 0.236 e. The van der Waals surface area contributed by atoms with E-state index >= 15 is 0 Å². The Morgan fingerprint density at radius 1 is 1.14 bits per heavy atom. The molecule has 0 bridgehead atoms. The number of carbonyl (C=O) groups excluding carboxylic acids is 2. The maximum atomic E-state index is 13.1. The number of halogens is 1. The van der Waals surface area contributed by atoms with Crippen LogP contribution in [-0.4, -0.2) is 73.2 Å². The van der Waals surface area contributed by atoms with Gasteiger partial charge in [-0.25, -0.2) is 4.39 Å². The van der Waals surface area contributed by atoms with Crippen molar-refractivity contribution in [1.29, 1.82) is 0 Å². The number of primary amides is 1. The average Bonchev–Trinajstić information content (AvgIpc) is 2.68. The molecule has 0 unspecified atom stereocenters. The molecule has 2 N–H and O–H groups in total. The molecule has 0 spiro atoms. The summed E-state index contributed by atoms with van der Waals surface area (Å²) in [6.07, 6.45) is 3.40. The van der Waals surface area contributed by atoms with Crippen LogP contribution in [0.4, 0.5) is 4.39 Å². The molecule has 7 nitrogen and oxygen atoms in total. The number of hydrogen-bond donors (Lipinski definition) is 1. The van der Waals surface area contributed by atoms with Gasteiger partial charge in [-0.05, 0) is 50.2 Å².